The Hall–Kier alpha value is -1.27. The van der Waals surface area contributed by atoms with Crippen LogP contribution in [0.4, 0.5) is 0 Å². The van der Waals surface area contributed by atoms with Gasteiger partial charge in [0.2, 0.25) is 0 Å². The third-order valence-corrected chi connectivity index (χ3v) is 6.21. The van der Waals surface area contributed by atoms with Crippen LogP contribution < -0.4 is 14.8 Å². The summed E-state index contributed by atoms with van der Waals surface area (Å²) in [5.41, 5.74) is 0.797. The average Bonchev–Trinajstić information content (AvgIpc) is 2.43. The summed E-state index contributed by atoms with van der Waals surface area (Å²) in [6.07, 6.45) is 0.577. The maximum atomic E-state index is 12.6. The van der Waals surface area contributed by atoms with Gasteiger partial charge < -0.3 is 14.8 Å². The summed E-state index contributed by atoms with van der Waals surface area (Å²) in [6, 6.07) is 3.76. The Bertz CT molecular complexity index is 654. The smallest absolute Gasteiger partial charge is 0.181 e. The van der Waals surface area contributed by atoms with Crippen molar-refractivity contribution >= 4 is 9.84 Å². The highest BCUT2D eigenvalue weighted by Crippen LogP contribution is 2.43. The number of hydrogen-bond donors (Lipinski definition) is 1. The normalized spacial score (nSPS) is 26.5. The Balaban J connectivity index is 2.14. The summed E-state index contributed by atoms with van der Waals surface area (Å²) in [4.78, 5) is 0.378. The van der Waals surface area contributed by atoms with Crippen molar-refractivity contribution in [2.45, 2.75) is 49.4 Å². The van der Waals surface area contributed by atoms with Gasteiger partial charge in [-0.15, -0.1) is 0 Å². The number of sulfone groups is 1. The van der Waals surface area contributed by atoms with E-state index in [-0.39, 0.29) is 12.1 Å². The fourth-order valence-electron chi connectivity index (χ4n) is 2.97. The van der Waals surface area contributed by atoms with Crippen molar-refractivity contribution in [3.05, 3.63) is 17.7 Å². The second kappa shape index (κ2) is 5.18. The number of benzene rings is 1. The molecular formula is C15H21NO4S. The van der Waals surface area contributed by atoms with E-state index in [1.54, 1.807) is 13.0 Å². The molecule has 2 aliphatic heterocycles. The Kier molecular flexibility index (Phi) is 3.61. The molecule has 1 aromatic carbocycles. The van der Waals surface area contributed by atoms with E-state index in [0.717, 1.165) is 5.56 Å². The first-order valence-electron chi connectivity index (χ1n) is 7.33. The molecule has 116 valence electrons. The molecule has 21 heavy (non-hydrogen) atoms. The molecule has 0 spiro atoms. The number of fused-ring (bicyclic) bond motifs is 2. The van der Waals surface area contributed by atoms with E-state index < -0.39 is 15.1 Å². The molecule has 2 heterocycles. The minimum absolute atomic E-state index is 0.0225. The standard InChI is InChI=1S/C15H21NO4S/c1-9(2)16-12-6-10(3)21(17,18)15-8-14-13(7-11(12)15)19-4-5-20-14/h7-10,12,16H,4-6H2,1-3H3. The molecule has 0 amide bonds. The Labute approximate surface area is 125 Å². The van der Waals surface area contributed by atoms with Gasteiger partial charge in [-0.1, -0.05) is 13.8 Å². The Morgan fingerprint density at radius 1 is 1.19 bits per heavy atom. The van der Waals surface area contributed by atoms with Gasteiger partial charge in [-0.2, -0.15) is 0 Å². The van der Waals surface area contributed by atoms with Crippen molar-refractivity contribution in [2.75, 3.05) is 13.2 Å². The molecule has 0 saturated carbocycles. The van der Waals surface area contributed by atoms with Crippen LogP contribution >= 0.6 is 0 Å². The summed E-state index contributed by atoms with van der Waals surface area (Å²) in [7, 11) is -3.30. The lowest BCUT2D eigenvalue weighted by Crippen LogP contribution is -2.37. The van der Waals surface area contributed by atoms with E-state index in [1.807, 2.05) is 6.07 Å². The van der Waals surface area contributed by atoms with Gasteiger partial charge in [0.1, 0.15) is 13.2 Å². The summed E-state index contributed by atoms with van der Waals surface area (Å²) in [5.74, 6) is 1.17. The van der Waals surface area contributed by atoms with E-state index in [1.165, 1.54) is 0 Å². The lowest BCUT2D eigenvalue weighted by molar-refractivity contribution is 0.170. The summed E-state index contributed by atoms with van der Waals surface area (Å²) >= 11 is 0. The van der Waals surface area contributed by atoms with Crippen LogP contribution in [0, 0.1) is 0 Å². The molecular weight excluding hydrogens is 290 g/mol. The van der Waals surface area contributed by atoms with Gasteiger partial charge in [0.15, 0.2) is 21.3 Å². The minimum atomic E-state index is -3.30. The van der Waals surface area contributed by atoms with Gasteiger partial charge in [0.25, 0.3) is 0 Å². The van der Waals surface area contributed by atoms with Crippen molar-refractivity contribution in [2.24, 2.45) is 0 Å². The van der Waals surface area contributed by atoms with Crippen molar-refractivity contribution in [3.63, 3.8) is 0 Å². The first-order valence-corrected chi connectivity index (χ1v) is 8.87. The molecule has 0 saturated heterocycles. The zero-order valence-corrected chi connectivity index (χ0v) is 13.4. The van der Waals surface area contributed by atoms with Crippen molar-refractivity contribution in [3.8, 4) is 11.5 Å². The monoisotopic (exact) mass is 311 g/mol. The predicted molar refractivity (Wildman–Crippen MR) is 79.7 cm³/mol. The maximum Gasteiger partial charge on any atom is 0.181 e. The van der Waals surface area contributed by atoms with Gasteiger partial charge in [-0.25, -0.2) is 8.42 Å². The van der Waals surface area contributed by atoms with Crippen LogP contribution in [0.3, 0.4) is 0 Å². The number of nitrogens with one attached hydrogen (secondary N) is 1. The largest absolute Gasteiger partial charge is 0.486 e. The molecule has 0 aromatic heterocycles. The SMILES string of the molecule is CC(C)NC1CC(C)S(=O)(=O)c2cc3c(cc21)OCCO3. The molecule has 3 rings (SSSR count). The molecule has 0 fully saturated rings. The van der Waals surface area contributed by atoms with Crippen molar-refractivity contribution < 1.29 is 17.9 Å². The van der Waals surface area contributed by atoms with Crippen LogP contribution in [-0.4, -0.2) is 32.9 Å². The van der Waals surface area contributed by atoms with E-state index in [0.29, 0.717) is 36.0 Å². The van der Waals surface area contributed by atoms with Crippen LogP contribution in [0.1, 0.15) is 38.8 Å². The van der Waals surface area contributed by atoms with Crippen LogP contribution in [0.5, 0.6) is 11.5 Å². The summed E-state index contributed by atoms with van der Waals surface area (Å²) < 4.78 is 36.3. The van der Waals surface area contributed by atoms with E-state index >= 15 is 0 Å². The maximum absolute atomic E-state index is 12.6. The van der Waals surface area contributed by atoms with E-state index in [9.17, 15) is 8.42 Å². The topological polar surface area (TPSA) is 64.6 Å². The molecule has 2 aliphatic rings. The molecule has 2 atom stereocenters. The molecule has 6 heteroatoms. The quantitative estimate of drug-likeness (QED) is 0.906. The second-order valence-electron chi connectivity index (χ2n) is 6.00. The van der Waals surface area contributed by atoms with Crippen LogP contribution in [-0.2, 0) is 9.84 Å². The zero-order chi connectivity index (χ0) is 15.2. The van der Waals surface area contributed by atoms with Gasteiger partial charge in [-0.05, 0) is 25.0 Å². The number of hydrogen-bond acceptors (Lipinski definition) is 5. The van der Waals surface area contributed by atoms with Crippen LogP contribution in [0.25, 0.3) is 0 Å². The third-order valence-electron chi connectivity index (χ3n) is 3.99. The second-order valence-corrected chi connectivity index (χ2v) is 8.33. The lowest BCUT2D eigenvalue weighted by Gasteiger charge is -2.33. The fourth-order valence-corrected chi connectivity index (χ4v) is 4.65. The van der Waals surface area contributed by atoms with Crippen LogP contribution in [0.15, 0.2) is 17.0 Å². The summed E-state index contributed by atoms with van der Waals surface area (Å²) in [6.45, 7) is 6.84. The Morgan fingerprint density at radius 2 is 1.81 bits per heavy atom. The van der Waals surface area contributed by atoms with Crippen molar-refractivity contribution in [1.82, 2.24) is 5.32 Å². The first kappa shape index (κ1) is 14.7. The van der Waals surface area contributed by atoms with E-state index in [2.05, 4.69) is 19.2 Å². The highest BCUT2D eigenvalue weighted by Gasteiger charge is 2.38. The minimum Gasteiger partial charge on any atom is -0.486 e. The van der Waals surface area contributed by atoms with Crippen molar-refractivity contribution in [1.29, 1.82) is 0 Å². The number of rotatable bonds is 2. The first-order chi connectivity index (χ1) is 9.89. The van der Waals surface area contributed by atoms with Gasteiger partial charge in [-0.3, -0.25) is 0 Å². The summed E-state index contributed by atoms with van der Waals surface area (Å²) in [5, 5.41) is 3.05. The van der Waals surface area contributed by atoms with Gasteiger partial charge >= 0.3 is 0 Å². The zero-order valence-electron chi connectivity index (χ0n) is 12.5. The molecule has 2 unspecified atom stereocenters. The predicted octanol–water partition coefficient (Wildman–Crippen LogP) is 2.06. The molecule has 0 radical (unpaired) electrons. The van der Waals surface area contributed by atoms with E-state index in [4.69, 9.17) is 9.47 Å². The number of ether oxygens (including phenoxy) is 2. The highest BCUT2D eigenvalue weighted by molar-refractivity contribution is 7.92. The van der Waals surface area contributed by atoms with Crippen LogP contribution in [0.2, 0.25) is 0 Å². The third kappa shape index (κ3) is 2.51. The molecule has 5 nitrogen and oxygen atoms in total. The van der Waals surface area contributed by atoms with Gasteiger partial charge in [0, 0.05) is 18.2 Å². The molecule has 1 N–H and O–H groups in total. The average molecular weight is 311 g/mol. The fraction of sp³-hybridized carbons (Fsp3) is 0.600. The van der Waals surface area contributed by atoms with Gasteiger partial charge in [0.05, 0.1) is 10.1 Å². The Morgan fingerprint density at radius 3 is 2.43 bits per heavy atom. The molecule has 0 bridgehead atoms. The highest BCUT2D eigenvalue weighted by atomic mass is 32.2. The lowest BCUT2D eigenvalue weighted by atomic mass is 9.99. The molecule has 1 aromatic rings. The molecule has 0 aliphatic carbocycles.